The third-order valence-corrected chi connectivity index (χ3v) is 3.19. The van der Waals surface area contributed by atoms with Crippen LogP contribution < -0.4 is 0 Å². The van der Waals surface area contributed by atoms with Crippen molar-refractivity contribution >= 4 is 5.91 Å². The minimum absolute atomic E-state index is 0.0521. The lowest BCUT2D eigenvalue weighted by Crippen LogP contribution is -2.36. The molecule has 5 nitrogen and oxygen atoms in total. The molecule has 19 heavy (non-hydrogen) atoms. The Labute approximate surface area is 112 Å². The van der Waals surface area contributed by atoms with Crippen LogP contribution in [0.4, 0.5) is 0 Å². The standard InChI is InChI=1S/C14H19NO4/c1-18-7-5-15(4-6-16)14(17)11-2-3-12-9-19-10-13(12)8-11/h2-3,8,16H,4-7,9-10H2,1H3. The molecule has 1 aromatic carbocycles. The van der Waals surface area contributed by atoms with Crippen LogP contribution in [0, 0.1) is 0 Å². The highest BCUT2D eigenvalue weighted by molar-refractivity contribution is 5.94. The summed E-state index contributed by atoms with van der Waals surface area (Å²) < 4.78 is 10.3. The first-order valence-electron chi connectivity index (χ1n) is 6.35. The third-order valence-electron chi connectivity index (χ3n) is 3.19. The number of nitrogens with zero attached hydrogens (tertiary/aromatic N) is 1. The van der Waals surface area contributed by atoms with Gasteiger partial charge in [0.2, 0.25) is 0 Å². The van der Waals surface area contributed by atoms with E-state index in [2.05, 4.69) is 0 Å². The van der Waals surface area contributed by atoms with E-state index >= 15 is 0 Å². The lowest BCUT2D eigenvalue weighted by atomic mass is 10.1. The van der Waals surface area contributed by atoms with Crippen LogP contribution in [0.25, 0.3) is 0 Å². The summed E-state index contributed by atoms with van der Waals surface area (Å²) in [5, 5.41) is 9.03. The molecule has 0 radical (unpaired) electrons. The van der Waals surface area contributed by atoms with Gasteiger partial charge in [-0.3, -0.25) is 4.79 Å². The number of aliphatic hydroxyl groups excluding tert-OH is 1. The van der Waals surface area contributed by atoms with Gasteiger partial charge < -0.3 is 19.5 Å². The van der Waals surface area contributed by atoms with E-state index in [4.69, 9.17) is 14.6 Å². The fourth-order valence-corrected chi connectivity index (χ4v) is 2.12. The maximum absolute atomic E-state index is 12.4. The first kappa shape index (κ1) is 14.0. The number of rotatable bonds is 6. The zero-order valence-electron chi connectivity index (χ0n) is 11.1. The number of aliphatic hydroxyl groups is 1. The second kappa shape index (κ2) is 6.65. The molecule has 0 atom stereocenters. The Morgan fingerprint density at radius 2 is 2.16 bits per heavy atom. The number of amides is 1. The van der Waals surface area contributed by atoms with Gasteiger partial charge in [-0.15, -0.1) is 0 Å². The van der Waals surface area contributed by atoms with E-state index in [0.29, 0.717) is 38.5 Å². The molecule has 0 saturated carbocycles. The van der Waals surface area contributed by atoms with Crippen molar-refractivity contribution in [1.29, 1.82) is 0 Å². The second-order valence-corrected chi connectivity index (χ2v) is 4.48. The van der Waals surface area contributed by atoms with Crippen molar-refractivity contribution < 1.29 is 19.4 Å². The van der Waals surface area contributed by atoms with Crippen molar-refractivity contribution in [2.45, 2.75) is 13.2 Å². The van der Waals surface area contributed by atoms with Gasteiger partial charge in [0, 0.05) is 25.8 Å². The van der Waals surface area contributed by atoms with E-state index in [1.807, 2.05) is 18.2 Å². The van der Waals surface area contributed by atoms with Gasteiger partial charge in [-0.1, -0.05) is 6.07 Å². The van der Waals surface area contributed by atoms with Crippen molar-refractivity contribution in [3.05, 3.63) is 34.9 Å². The van der Waals surface area contributed by atoms with E-state index in [1.54, 1.807) is 12.0 Å². The molecule has 0 saturated heterocycles. The fourth-order valence-electron chi connectivity index (χ4n) is 2.12. The summed E-state index contributed by atoms with van der Waals surface area (Å²) in [6.45, 7) is 2.38. The SMILES string of the molecule is COCCN(CCO)C(=O)c1ccc2c(c1)COC2. The minimum Gasteiger partial charge on any atom is -0.395 e. The van der Waals surface area contributed by atoms with Gasteiger partial charge in [0.1, 0.15) is 0 Å². The highest BCUT2D eigenvalue weighted by Gasteiger charge is 2.18. The summed E-state index contributed by atoms with van der Waals surface area (Å²) >= 11 is 0. The molecule has 5 heteroatoms. The van der Waals surface area contributed by atoms with Crippen LogP contribution >= 0.6 is 0 Å². The van der Waals surface area contributed by atoms with Crippen molar-refractivity contribution in [2.75, 3.05) is 33.4 Å². The van der Waals surface area contributed by atoms with E-state index in [9.17, 15) is 4.79 Å². The molecule has 1 aromatic rings. The fraction of sp³-hybridized carbons (Fsp3) is 0.500. The van der Waals surface area contributed by atoms with Crippen LogP contribution in [0.15, 0.2) is 18.2 Å². The van der Waals surface area contributed by atoms with Gasteiger partial charge in [0.25, 0.3) is 5.91 Å². The van der Waals surface area contributed by atoms with Crippen LogP contribution in [0.5, 0.6) is 0 Å². The average molecular weight is 265 g/mol. The first-order valence-corrected chi connectivity index (χ1v) is 6.35. The Bertz CT molecular complexity index is 447. The predicted molar refractivity (Wildman–Crippen MR) is 69.8 cm³/mol. The molecule has 1 amide bonds. The number of ether oxygens (including phenoxy) is 2. The molecule has 0 aliphatic carbocycles. The Kier molecular flexibility index (Phi) is 4.90. The second-order valence-electron chi connectivity index (χ2n) is 4.48. The highest BCUT2D eigenvalue weighted by Crippen LogP contribution is 2.21. The quantitative estimate of drug-likeness (QED) is 0.826. The topological polar surface area (TPSA) is 59.0 Å². The first-order chi connectivity index (χ1) is 9.26. The Morgan fingerprint density at radius 1 is 1.37 bits per heavy atom. The molecular weight excluding hydrogens is 246 g/mol. The summed E-state index contributed by atoms with van der Waals surface area (Å²) in [5.41, 5.74) is 2.84. The number of carbonyl (C=O) groups is 1. The summed E-state index contributed by atoms with van der Waals surface area (Å²) in [7, 11) is 1.59. The van der Waals surface area contributed by atoms with E-state index in [0.717, 1.165) is 11.1 Å². The number of methoxy groups -OCH3 is 1. The van der Waals surface area contributed by atoms with E-state index in [-0.39, 0.29) is 12.5 Å². The number of hydrogen-bond acceptors (Lipinski definition) is 4. The molecule has 0 aromatic heterocycles. The number of benzene rings is 1. The van der Waals surface area contributed by atoms with Gasteiger partial charge in [0.05, 0.1) is 26.4 Å². The van der Waals surface area contributed by atoms with Crippen LogP contribution in [-0.2, 0) is 22.7 Å². The molecule has 0 spiro atoms. The lowest BCUT2D eigenvalue weighted by Gasteiger charge is -2.21. The minimum atomic E-state index is -0.0826. The molecule has 0 fully saturated rings. The molecule has 0 bridgehead atoms. The van der Waals surface area contributed by atoms with Gasteiger partial charge >= 0.3 is 0 Å². The summed E-state index contributed by atoms with van der Waals surface area (Å²) in [6.07, 6.45) is 0. The van der Waals surface area contributed by atoms with Crippen LogP contribution in [0.1, 0.15) is 21.5 Å². The summed E-state index contributed by atoms with van der Waals surface area (Å²) in [6, 6.07) is 5.62. The number of carbonyl (C=O) groups excluding carboxylic acids is 1. The number of fused-ring (bicyclic) bond motifs is 1. The molecule has 104 valence electrons. The zero-order chi connectivity index (χ0) is 13.7. The normalized spacial score (nSPS) is 13.4. The van der Waals surface area contributed by atoms with Crippen molar-refractivity contribution in [3.8, 4) is 0 Å². The third kappa shape index (κ3) is 3.32. The van der Waals surface area contributed by atoms with Gasteiger partial charge in [-0.25, -0.2) is 0 Å². The maximum Gasteiger partial charge on any atom is 0.254 e. The summed E-state index contributed by atoms with van der Waals surface area (Å²) in [4.78, 5) is 14.0. The van der Waals surface area contributed by atoms with Crippen molar-refractivity contribution in [2.24, 2.45) is 0 Å². The maximum atomic E-state index is 12.4. The van der Waals surface area contributed by atoms with Gasteiger partial charge in [0.15, 0.2) is 0 Å². The predicted octanol–water partition coefficient (Wildman–Crippen LogP) is 0.798. The Balaban J connectivity index is 2.11. The largest absolute Gasteiger partial charge is 0.395 e. The molecule has 0 unspecified atom stereocenters. The number of hydrogen-bond donors (Lipinski definition) is 1. The van der Waals surface area contributed by atoms with Crippen molar-refractivity contribution in [3.63, 3.8) is 0 Å². The zero-order valence-corrected chi connectivity index (χ0v) is 11.1. The van der Waals surface area contributed by atoms with Gasteiger partial charge in [-0.05, 0) is 23.3 Å². The monoisotopic (exact) mass is 265 g/mol. The Morgan fingerprint density at radius 3 is 2.89 bits per heavy atom. The molecule has 1 aliphatic rings. The van der Waals surface area contributed by atoms with Crippen LogP contribution in [0.2, 0.25) is 0 Å². The summed E-state index contributed by atoms with van der Waals surface area (Å²) in [5.74, 6) is -0.0826. The molecule has 1 N–H and O–H groups in total. The van der Waals surface area contributed by atoms with Crippen LogP contribution in [-0.4, -0.2) is 49.3 Å². The van der Waals surface area contributed by atoms with Crippen LogP contribution in [0.3, 0.4) is 0 Å². The average Bonchev–Trinajstić information content (AvgIpc) is 2.90. The molecule has 1 aliphatic heterocycles. The van der Waals surface area contributed by atoms with E-state index < -0.39 is 0 Å². The van der Waals surface area contributed by atoms with E-state index in [1.165, 1.54) is 0 Å². The Hall–Kier alpha value is -1.43. The molecular formula is C14H19NO4. The smallest absolute Gasteiger partial charge is 0.254 e. The molecule has 1 heterocycles. The lowest BCUT2D eigenvalue weighted by molar-refractivity contribution is 0.0656. The molecule has 2 rings (SSSR count). The van der Waals surface area contributed by atoms with Gasteiger partial charge in [-0.2, -0.15) is 0 Å². The van der Waals surface area contributed by atoms with Crippen molar-refractivity contribution in [1.82, 2.24) is 4.90 Å². The highest BCUT2D eigenvalue weighted by atomic mass is 16.5.